The molecule has 0 radical (unpaired) electrons. The lowest BCUT2D eigenvalue weighted by atomic mass is 10.2. The second kappa shape index (κ2) is 4.87. The van der Waals surface area contributed by atoms with Gasteiger partial charge in [-0.15, -0.1) is 11.6 Å². The standard InChI is InChI=1S/C15H11ClF2N2/c1-9-3-2-4-13-15(9)19-14(8-16)20(13)12-6-5-10(17)7-11(12)18/h2-7H,8H2,1H3. The van der Waals surface area contributed by atoms with Crippen LogP contribution in [0.3, 0.4) is 0 Å². The smallest absolute Gasteiger partial charge is 0.150 e. The summed E-state index contributed by atoms with van der Waals surface area (Å²) in [5.74, 6) is -0.580. The van der Waals surface area contributed by atoms with E-state index in [0.29, 0.717) is 5.82 Å². The minimum atomic E-state index is -0.642. The average Bonchev–Trinajstić information content (AvgIpc) is 2.79. The summed E-state index contributed by atoms with van der Waals surface area (Å²) in [6, 6.07) is 9.11. The number of para-hydroxylation sites is 1. The Bertz CT molecular complexity index is 796. The molecule has 1 aromatic heterocycles. The Morgan fingerprint density at radius 1 is 1.20 bits per heavy atom. The van der Waals surface area contributed by atoms with E-state index in [-0.39, 0.29) is 11.6 Å². The summed E-state index contributed by atoms with van der Waals surface area (Å²) in [6.07, 6.45) is 0. The van der Waals surface area contributed by atoms with Crippen molar-refractivity contribution in [3.05, 3.63) is 59.4 Å². The molecular formula is C15H11ClF2N2. The molecule has 0 saturated heterocycles. The van der Waals surface area contributed by atoms with Crippen LogP contribution in [0.25, 0.3) is 16.7 Å². The van der Waals surface area contributed by atoms with Crippen LogP contribution in [0, 0.1) is 18.6 Å². The first-order chi connectivity index (χ1) is 9.61. The molecule has 3 aromatic rings. The quantitative estimate of drug-likeness (QED) is 0.642. The van der Waals surface area contributed by atoms with Gasteiger partial charge in [0.2, 0.25) is 0 Å². The second-order valence-corrected chi connectivity index (χ2v) is 4.80. The molecule has 0 saturated carbocycles. The van der Waals surface area contributed by atoms with E-state index in [1.165, 1.54) is 12.1 Å². The lowest BCUT2D eigenvalue weighted by Gasteiger charge is -2.09. The monoisotopic (exact) mass is 292 g/mol. The number of fused-ring (bicyclic) bond motifs is 1. The summed E-state index contributed by atoms with van der Waals surface area (Å²) in [5.41, 5.74) is 2.75. The Morgan fingerprint density at radius 2 is 2.00 bits per heavy atom. The number of rotatable bonds is 2. The van der Waals surface area contributed by atoms with Crippen molar-refractivity contribution in [1.82, 2.24) is 9.55 Å². The normalized spacial score (nSPS) is 11.2. The third-order valence-electron chi connectivity index (χ3n) is 3.23. The highest BCUT2D eigenvalue weighted by Gasteiger charge is 2.16. The minimum Gasteiger partial charge on any atom is -0.292 e. The number of alkyl halides is 1. The maximum absolute atomic E-state index is 14.0. The molecule has 0 bridgehead atoms. The van der Waals surface area contributed by atoms with Gasteiger partial charge < -0.3 is 0 Å². The molecule has 0 spiro atoms. The third-order valence-corrected chi connectivity index (χ3v) is 3.47. The van der Waals surface area contributed by atoms with Gasteiger partial charge in [-0.25, -0.2) is 13.8 Å². The first-order valence-corrected chi connectivity index (χ1v) is 6.63. The fraction of sp³-hybridized carbons (Fsp3) is 0.133. The zero-order chi connectivity index (χ0) is 14.3. The summed E-state index contributed by atoms with van der Waals surface area (Å²) in [4.78, 5) is 4.44. The number of benzene rings is 2. The summed E-state index contributed by atoms with van der Waals surface area (Å²) in [6.45, 7) is 1.93. The molecule has 0 amide bonds. The maximum atomic E-state index is 14.0. The molecule has 0 aliphatic heterocycles. The van der Waals surface area contributed by atoms with Crippen molar-refractivity contribution in [2.24, 2.45) is 0 Å². The molecule has 0 aliphatic rings. The Balaban J connectivity index is 2.37. The van der Waals surface area contributed by atoms with Crippen molar-refractivity contribution in [3.8, 4) is 5.69 Å². The van der Waals surface area contributed by atoms with Gasteiger partial charge in [0.25, 0.3) is 0 Å². The lowest BCUT2D eigenvalue weighted by Crippen LogP contribution is -2.02. The van der Waals surface area contributed by atoms with Crippen LogP contribution in [-0.2, 0) is 5.88 Å². The lowest BCUT2D eigenvalue weighted by molar-refractivity contribution is 0.577. The van der Waals surface area contributed by atoms with E-state index >= 15 is 0 Å². The van der Waals surface area contributed by atoms with Gasteiger partial charge in [0, 0.05) is 6.07 Å². The second-order valence-electron chi connectivity index (χ2n) is 4.54. The summed E-state index contributed by atoms with van der Waals surface area (Å²) in [5, 5.41) is 0. The van der Waals surface area contributed by atoms with E-state index in [1.54, 1.807) is 4.57 Å². The van der Waals surface area contributed by atoms with Crippen LogP contribution in [0.5, 0.6) is 0 Å². The van der Waals surface area contributed by atoms with Crippen LogP contribution in [-0.4, -0.2) is 9.55 Å². The predicted octanol–water partition coefficient (Wildman–Crippen LogP) is 4.35. The van der Waals surface area contributed by atoms with Crippen molar-refractivity contribution in [1.29, 1.82) is 0 Å². The molecule has 1 heterocycles. The minimum absolute atomic E-state index is 0.144. The average molecular weight is 293 g/mol. The first kappa shape index (κ1) is 13.1. The van der Waals surface area contributed by atoms with Crippen LogP contribution in [0.2, 0.25) is 0 Å². The van der Waals surface area contributed by atoms with Gasteiger partial charge in [-0.1, -0.05) is 12.1 Å². The molecule has 0 N–H and O–H groups in total. The van der Waals surface area contributed by atoms with E-state index in [0.717, 1.165) is 22.7 Å². The number of aryl methyl sites for hydroxylation is 1. The maximum Gasteiger partial charge on any atom is 0.150 e. The molecule has 0 fully saturated rings. The largest absolute Gasteiger partial charge is 0.292 e. The van der Waals surface area contributed by atoms with Crippen LogP contribution in [0.15, 0.2) is 36.4 Å². The highest BCUT2D eigenvalue weighted by molar-refractivity contribution is 6.17. The fourth-order valence-electron chi connectivity index (χ4n) is 2.31. The van der Waals surface area contributed by atoms with E-state index in [4.69, 9.17) is 11.6 Å². The number of imidazole rings is 1. The highest BCUT2D eigenvalue weighted by Crippen LogP contribution is 2.26. The van der Waals surface area contributed by atoms with Gasteiger partial charge in [0.1, 0.15) is 17.5 Å². The van der Waals surface area contributed by atoms with Crippen molar-refractivity contribution in [2.75, 3.05) is 0 Å². The Labute approximate surface area is 119 Å². The molecule has 0 aliphatic carbocycles. The van der Waals surface area contributed by atoms with E-state index in [1.807, 2.05) is 25.1 Å². The Hall–Kier alpha value is -1.94. The van der Waals surface area contributed by atoms with Crippen LogP contribution < -0.4 is 0 Å². The van der Waals surface area contributed by atoms with E-state index in [9.17, 15) is 8.78 Å². The number of aromatic nitrogens is 2. The summed E-state index contributed by atoms with van der Waals surface area (Å²) >= 11 is 5.91. The number of hydrogen-bond acceptors (Lipinski definition) is 1. The molecule has 3 rings (SSSR count). The first-order valence-electron chi connectivity index (χ1n) is 6.10. The van der Waals surface area contributed by atoms with Gasteiger partial charge in [0.15, 0.2) is 0 Å². The Morgan fingerprint density at radius 3 is 2.70 bits per heavy atom. The molecule has 5 heteroatoms. The number of nitrogens with zero attached hydrogens (tertiary/aromatic N) is 2. The van der Waals surface area contributed by atoms with E-state index < -0.39 is 11.6 Å². The zero-order valence-corrected chi connectivity index (χ0v) is 11.5. The van der Waals surface area contributed by atoms with E-state index in [2.05, 4.69) is 4.98 Å². The van der Waals surface area contributed by atoms with Crippen LogP contribution in [0.1, 0.15) is 11.4 Å². The van der Waals surface area contributed by atoms with Crippen molar-refractivity contribution >= 4 is 22.6 Å². The molecule has 2 nitrogen and oxygen atoms in total. The molecule has 102 valence electrons. The molecule has 20 heavy (non-hydrogen) atoms. The van der Waals surface area contributed by atoms with Crippen molar-refractivity contribution in [3.63, 3.8) is 0 Å². The highest BCUT2D eigenvalue weighted by atomic mass is 35.5. The number of halogens is 3. The molecular weight excluding hydrogens is 282 g/mol. The third kappa shape index (κ3) is 1.96. The van der Waals surface area contributed by atoms with Gasteiger partial charge in [0.05, 0.1) is 22.6 Å². The SMILES string of the molecule is Cc1cccc2c1nc(CCl)n2-c1ccc(F)cc1F. The van der Waals surface area contributed by atoms with Crippen molar-refractivity contribution < 1.29 is 8.78 Å². The summed E-state index contributed by atoms with van der Waals surface area (Å²) < 4.78 is 28.7. The number of hydrogen-bond donors (Lipinski definition) is 0. The molecule has 0 atom stereocenters. The molecule has 2 aromatic carbocycles. The van der Waals surface area contributed by atoms with Crippen LogP contribution >= 0.6 is 11.6 Å². The summed E-state index contributed by atoms with van der Waals surface area (Å²) in [7, 11) is 0. The van der Waals surface area contributed by atoms with Gasteiger partial charge in [-0.3, -0.25) is 4.57 Å². The predicted molar refractivity (Wildman–Crippen MR) is 75.3 cm³/mol. The van der Waals surface area contributed by atoms with Crippen LogP contribution in [0.4, 0.5) is 8.78 Å². The Kier molecular flexibility index (Phi) is 3.18. The van der Waals surface area contributed by atoms with Crippen molar-refractivity contribution in [2.45, 2.75) is 12.8 Å². The van der Waals surface area contributed by atoms with Gasteiger partial charge in [-0.05, 0) is 30.7 Å². The molecule has 0 unspecified atom stereocenters. The zero-order valence-electron chi connectivity index (χ0n) is 10.7. The van der Waals surface area contributed by atoms with Gasteiger partial charge in [-0.2, -0.15) is 0 Å². The fourth-order valence-corrected chi connectivity index (χ4v) is 2.49. The van der Waals surface area contributed by atoms with Gasteiger partial charge >= 0.3 is 0 Å². The topological polar surface area (TPSA) is 17.8 Å².